The average molecular weight is 232 g/mol. The average Bonchev–Trinajstić information content (AvgIpc) is 2.50. The number of nitrogens with one attached hydrogen (secondary N) is 1. The highest BCUT2D eigenvalue weighted by molar-refractivity contribution is 8.14. The van der Waals surface area contributed by atoms with Gasteiger partial charge in [-0.1, -0.05) is 11.8 Å². The van der Waals surface area contributed by atoms with Gasteiger partial charge in [0.05, 0.1) is 5.75 Å². The smallest absolute Gasteiger partial charge is 0.289 e. The summed E-state index contributed by atoms with van der Waals surface area (Å²) in [6, 6.07) is 0. The second-order valence-corrected chi connectivity index (χ2v) is 3.89. The highest BCUT2D eigenvalue weighted by Gasteiger charge is 2.31. The molecule has 0 aliphatic carbocycles. The largest absolute Gasteiger partial charge is 0.396 e. The van der Waals surface area contributed by atoms with E-state index in [0.29, 0.717) is 13.0 Å². The van der Waals surface area contributed by atoms with Gasteiger partial charge in [-0.2, -0.15) is 0 Å². The first kappa shape index (κ1) is 12.0. The lowest BCUT2D eigenvalue weighted by molar-refractivity contribution is -0.130. The third kappa shape index (κ3) is 3.52. The van der Waals surface area contributed by atoms with E-state index >= 15 is 0 Å². The maximum Gasteiger partial charge on any atom is 0.289 e. The number of carbonyl (C=O) groups excluding carboxylic acids is 3. The van der Waals surface area contributed by atoms with Crippen LogP contribution in [-0.4, -0.2) is 52.5 Å². The lowest BCUT2D eigenvalue weighted by Crippen LogP contribution is -2.40. The molecule has 0 spiro atoms. The minimum atomic E-state index is -0.382. The van der Waals surface area contributed by atoms with Crippen molar-refractivity contribution in [3.05, 3.63) is 0 Å². The zero-order chi connectivity index (χ0) is 11.3. The number of rotatable bonds is 5. The molecular weight excluding hydrogens is 220 g/mol. The topological polar surface area (TPSA) is 86.7 Å². The van der Waals surface area contributed by atoms with Gasteiger partial charge in [-0.15, -0.1) is 0 Å². The molecule has 3 amide bonds. The van der Waals surface area contributed by atoms with E-state index in [-0.39, 0.29) is 36.0 Å². The van der Waals surface area contributed by atoms with Crippen LogP contribution in [0.25, 0.3) is 0 Å². The molecule has 0 saturated carbocycles. The van der Waals surface area contributed by atoms with Crippen LogP contribution in [0.4, 0.5) is 4.79 Å². The molecule has 15 heavy (non-hydrogen) atoms. The lowest BCUT2D eigenvalue weighted by Gasteiger charge is -2.12. The molecule has 7 heteroatoms. The number of nitrogens with zero attached hydrogens (tertiary/aromatic N) is 1. The number of thioether (sulfide) groups is 1. The maximum atomic E-state index is 11.2. The van der Waals surface area contributed by atoms with Crippen LogP contribution >= 0.6 is 11.8 Å². The summed E-state index contributed by atoms with van der Waals surface area (Å²) in [6.07, 6.45) is 0.461. The summed E-state index contributed by atoms with van der Waals surface area (Å²) in [5.41, 5.74) is 0. The number of amides is 3. The van der Waals surface area contributed by atoms with Crippen LogP contribution in [0.2, 0.25) is 0 Å². The number of hydrogen-bond donors (Lipinski definition) is 2. The minimum Gasteiger partial charge on any atom is -0.396 e. The summed E-state index contributed by atoms with van der Waals surface area (Å²) < 4.78 is 0. The highest BCUT2D eigenvalue weighted by atomic mass is 32.2. The van der Waals surface area contributed by atoms with E-state index in [1.807, 2.05) is 0 Å². The van der Waals surface area contributed by atoms with Crippen LogP contribution in [0, 0.1) is 0 Å². The number of aliphatic hydroxyl groups excluding tert-OH is 1. The van der Waals surface area contributed by atoms with Crippen molar-refractivity contribution in [3.63, 3.8) is 0 Å². The van der Waals surface area contributed by atoms with Crippen molar-refractivity contribution >= 4 is 28.8 Å². The molecule has 0 aromatic heterocycles. The van der Waals surface area contributed by atoms with Crippen molar-refractivity contribution in [3.8, 4) is 0 Å². The standard InChI is InChI=1S/C8H12N2O4S/c11-3-1-2-9-6(12)4-10-7(13)5-15-8(10)14/h11H,1-5H2,(H,9,12). The number of imide groups is 1. The normalized spacial score (nSPS) is 15.9. The minimum absolute atomic E-state index is 0.00227. The molecule has 0 aromatic rings. The molecule has 1 heterocycles. The fourth-order valence-electron chi connectivity index (χ4n) is 1.04. The van der Waals surface area contributed by atoms with Crippen molar-refractivity contribution in [2.45, 2.75) is 6.42 Å². The van der Waals surface area contributed by atoms with E-state index in [2.05, 4.69) is 5.32 Å². The van der Waals surface area contributed by atoms with Gasteiger partial charge in [-0.05, 0) is 6.42 Å². The first-order chi connectivity index (χ1) is 7.15. The zero-order valence-electron chi connectivity index (χ0n) is 8.06. The first-order valence-electron chi connectivity index (χ1n) is 4.50. The Hall–Kier alpha value is -1.08. The summed E-state index contributed by atoms with van der Waals surface area (Å²) in [7, 11) is 0. The Morgan fingerprint density at radius 1 is 1.53 bits per heavy atom. The zero-order valence-corrected chi connectivity index (χ0v) is 8.88. The Morgan fingerprint density at radius 2 is 2.27 bits per heavy atom. The fraction of sp³-hybridized carbons (Fsp3) is 0.625. The molecule has 0 unspecified atom stereocenters. The van der Waals surface area contributed by atoms with Crippen molar-refractivity contribution < 1.29 is 19.5 Å². The SMILES string of the molecule is O=C(CN1C(=O)CSC1=O)NCCCO. The van der Waals surface area contributed by atoms with Crippen molar-refractivity contribution in [1.29, 1.82) is 0 Å². The predicted molar refractivity (Wildman–Crippen MR) is 54.3 cm³/mol. The van der Waals surface area contributed by atoms with Gasteiger partial charge in [0.25, 0.3) is 5.24 Å². The third-order valence-corrected chi connectivity index (χ3v) is 2.66. The van der Waals surface area contributed by atoms with E-state index in [4.69, 9.17) is 5.11 Å². The van der Waals surface area contributed by atoms with Crippen LogP contribution in [0.15, 0.2) is 0 Å². The van der Waals surface area contributed by atoms with E-state index in [9.17, 15) is 14.4 Å². The van der Waals surface area contributed by atoms with Crippen molar-refractivity contribution in [2.24, 2.45) is 0 Å². The van der Waals surface area contributed by atoms with E-state index < -0.39 is 0 Å². The quantitative estimate of drug-likeness (QED) is 0.605. The number of hydrogen-bond acceptors (Lipinski definition) is 5. The van der Waals surface area contributed by atoms with Gasteiger partial charge >= 0.3 is 0 Å². The summed E-state index contributed by atoms with van der Waals surface area (Å²) in [5, 5.41) is 10.6. The summed E-state index contributed by atoms with van der Waals surface area (Å²) in [6.45, 7) is 0.118. The predicted octanol–water partition coefficient (Wildman–Crippen LogP) is -0.820. The molecule has 0 atom stereocenters. The highest BCUT2D eigenvalue weighted by Crippen LogP contribution is 2.17. The summed E-state index contributed by atoms with van der Waals surface area (Å²) in [5.74, 6) is -0.599. The van der Waals surface area contributed by atoms with Crippen molar-refractivity contribution in [2.75, 3.05) is 25.4 Å². The second kappa shape index (κ2) is 5.72. The van der Waals surface area contributed by atoms with Gasteiger partial charge in [0.15, 0.2) is 0 Å². The molecule has 6 nitrogen and oxygen atoms in total. The van der Waals surface area contributed by atoms with Gasteiger partial charge in [0.2, 0.25) is 11.8 Å². The Labute approximate surface area is 91.0 Å². The van der Waals surface area contributed by atoms with E-state index in [1.165, 1.54) is 0 Å². The van der Waals surface area contributed by atoms with Crippen molar-refractivity contribution in [1.82, 2.24) is 10.2 Å². The van der Waals surface area contributed by atoms with Crippen LogP contribution in [0.3, 0.4) is 0 Å². The molecule has 1 aliphatic rings. The maximum absolute atomic E-state index is 11.2. The van der Waals surface area contributed by atoms with Gasteiger partial charge in [-0.25, -0.2) is 0 Å². The lowest BCUT2D eigenvalue weighted by atomic mass is 10.4. The monoisotopic (exact) mass is 232 g/mol. The molecule has 0 radical (unpaired) electrons. The van der Waals surface area contributed by atoms with Crippen LogP contribution in [0.5, 0.6) is 0 Å². The molecule has 2 N–H and O–H groups in total. The molecule has 1 saturated heterocycles. The number of carbonyl (C=O) groups is 3. The first-order valence-corrected chi connectivity index (χ1v) is 5.48. The Balaban J connectivity index is 2.31. The van der Waals surface area contributed by atoms with Gasteiger partial charge < -0.3 is 10.4 Å². The molecule has 0 aromatic carbocycles. The van der Waals surface area contributed by atoms with Gasteiger partial charge in [-0.3, -0.25) is 19.3 Å². The van der Waals surface area contributed by atoms with Gasteiger partial charge in [0, 0.05) is 13.2 Å². The van der Waals surface area contributed by atoms with E-state index in [1.54, 1.807) is 0 Å². The fourth-order valence-corrected chi connectivity index (χ4v) is 1.77. The molecule has 1 fully saturated rings. The Bertz CT molecular complexity index is 266. The Morgan fingerprint density at radius 3 is 2.80 bits per heavy atom. The van der Waals surface area contributed by atoms with Crippen LogP contribution < -0.4 is 5.32 Å². The van der Waals surface area contributed by atoms with Gasteiger partial charge in [0.1, 0.15) is 6.54 Å². The Kier molecular flexibility index (Phi) is 4.57. The molecule has 84 valence electrons. The number of aliphatic hydroxyl groups is 1. The summed E-state index contributed by atoms with van der Waals surface area (Å²) in [4.78, 5) is 34.4. The molecule has 0 bridgehead atoms. The molecule has 1 rings (SSSR count). The molecule has 1 aliphatic heterocycles. The second-order valence-electron chi connectivity index (χ2n) is 2.96. The summed E-state index contributed by atoms with van der Waals surface area (Å²) >= 11 is 0.901. The van der Waals surface area contributed by atoms with Crippen LogP contribution in [0.1, 0.15) is 6.42 Å². The van der Waals surface area contributed by atoms with E-state index in [0.717, 1.165) is 16.7 Å². The van der Waals surface area contributed by atoms with Crippen LogP contribution in [-0.2, 0) is 9.59 Å². The molecular formula is C8H12N2O4S. The third-order valence-electron chi connectivity index (χ3n) is 1.80.